The van der Waals surface area contributed by atoms with E-state index < -0.39 is 12.0 Å². The van der Waals surface area contributed by atoms with E-state index in [2.05, 4.69) is 0 Å². The van der Waals surface area contributed by atoms with Gasteiger partial charge in [0, 0.05) is 11.9 Å². The maximum absolute atomic E-state index is 11.8. The highest BCUT2D eigenvalue weighted by atomic mass is 32.2. The summed E-state index contributed by atoms with van der Waals surface area (Å²) in [5, 5.41) is 8.83. The Hall–Kier alpha value is -1.49. The maximum Gasteiger partial charge on any atom is 0.326 e. The van der Waals surface area contributed by atoms with Crippen LogP contribution in [0.1, 0.15) is 12.5 Å². The Kier molecular flexibility index (Phi) is 5.22. The molecule has 0 radical (unpaired) electrons. The number of hydrogen-bond acceptors (Lipinski definition) is 3. The number of carboxylic acids is 1. The summed E-state index contributed by atoms with van der Waals surface area (Å²) in [4.78, 5) is 24.9. The number of amides is 1. The lowest BCUT2D eigenvalue weighted by molar-refractivity contribution is -0.147. The van der Waals surface area contributed by atoms with E-state index in [1.165, 1.54) is 30.6 Å². The fourth-order valence-electron chi connectivity index (χ4n) is 1.34. The average molecular weight is 267 g/mol. The largest absolute Gasteiger partial charge is 0.480 e. The average Bonchev–Trinajstić information content (AvgIpc) is 2.35. The van der Waals surface area contributed by atoms with Gasteiger partial charge in [-0.1, -0.05) is 18.2 Å². The van der Waals surface area contributed by atoms with Crippen LogP contribution < -0.4 is 0 Å². The Balaban J connectivity index is 2.56. The molecule has 1 atom stereocenters. The van der Waals surface area contributed by atoms with Gasteiger partial charge in [0.05, 0.1) is 5.75 Å². The number of benzene rings is 1. The van der Waals surface area contributed by atoms with Crippen molar-refractivity contribution < 1.29 is 14.7 Å². The van der Waals surface area contributed by atoms with Crippen molar-refractivity contribution in [3.05, 3.63) is 29.8 Å². The Morgan fingerprint density at radius 1 is 1.39 bits per heavy atom. The zero-order valence-corrected chi connectivity index (χ0v) is 11.5. The molecule has 0 saturated carbocycles. The van der Waals surface area contributed by atoms with Crippen LogP contribution in [0.5, 0.6) is 0 Å². The van der Waals surface area contributed by atoms with Crippen molar-refractivity contribution in [3.63, 3.8) is 0 Å². The highest BCUT2D eigenvalue weighted by Gasteiger charge is 2.21. The van der Waals surface area contributed by atoms with Crippen molar-refractivity contribution in [3.8, 4) is 0 Å². The predicted molar refractivity (Wildman–Crippen MR) is 71.8 cm³/mol. The van der Waals surface area contributed by atoms with Crippen LogP contribution in [0.3, 0.4) is 0 Å². The lowest BCUT2D eigenvalue weighted by Crippen LogP contribution is -2.41. The summed E-state index contributed by atoms with van der Waals surface area (Å²) in [7, 11) is 1.51. The van der Waals surface area contributed by atoms with Gasteiger partial charge in [0.25, 0.3) is 0 Å². The number of carbonyl (C=O) groups is 2. The van der Waals surface area contributed by atoms with Crippen molar-refractivity contribution in [2.45, 2.75) is 24.8 Å². The van der Waals surface area contributed by atoms with Gasteiger partial charge >= 0.3 is 5.97 Å². The molecule has 1 rings (SSSR count). The van der Waals surface area contributed by atoms with Crippen molar-refractivity contribution in [2.24, 2.45) is 0 Å². The minimum atomic E-state index is -0.994. The first kappa shape index (κ1) is 14.6. The molecule has 4 nitrogen and oxygen atoms in total. The van der Waals surface area contributed by atoms with Gasteiger partial charge < -0.3 is 10.0 Å². The summed E-state index contributed by atoms with van der Waals surface area (Å²) in [6, 6.07) is 7.00. The maximum atomic E-state index is 11.8. The molecule has 0 bridgehead atoms. The van der Waals surface area contributed by atoms with Crippen LogP contribution in [0.2, 0.25) is 0 Å². The summed E-state index contributed by atoms with van der Waals surface area (Å²) in [6.45, 7) is 3.48. The van der Waals surface area contributed by atoms with Crippen LogP contribution >= 0.6 is 11.8 Å². The van der Waals surface area contributed by atoms with Crippen molar-refractivity contribution in [2.75, 3.05) is 12.8 Å². The SMILES string of the molecule is Cc1ccccc1SCC(=O)N(C)C(C)C(=O)O. The molecule has 1 amide bonds. The van der Waals surface area contributed by atoms with E-state index in [0.29, 0.717) is 0 Å². The zero-order chi connectivity index (χ0) is 13.7. The van der Waals surface area contributed by atoms with E-state index in [1.807, 2.05) is 31.2 Å². The molecule has 5 heteroatoms. The van der Waals surface area contributed by atoms with Gasteiger partial charge in [-0.15, -0.1) is 11.8 Å². The molecule has 0 heterocycles. The zero-order valence-electron chi connectivity index (χ0n) is 10.7. The van der Waals surface area contributed by atoms with Crippen LogP contribution in [0.4, 0.5) is 0 Å². The number of nitrogens with zero attached hydrogens (tertiary/aromatic N) is 1. The van der Waals surface area contributed by atoms with Crippen LogP contribution in [0, 0.1) is 6.92 Å². The lowest BCUT2D eigenvalue weighted by atomic mass is 10.2. The molecule has 1 aromatic carbocycles. The van der Waals surface area contributed by atoms with Gasteiger partial charge in [-0.25, -0.2) is 4.79 Å². The van der Waals surface area contributed by atoms with E-state index in [9.17, 15) is 9.59 Å². The summed E-state index contributed by atoms with van der Waals surface area (Å²) < 4.78 is 0. The van der Waals surface area contributed by atoms with Gasteiger partial charge in [0.15, 0.2) is 0 Å². The highest BCUT2D eigenvalue weighted by molar-refractivity contribution is 8.00. The van der Waals surface area contributed by atoms with Crippen LogP contribution in [-0.2, 0) is 9.59 Å². The number of rotatable bonds is 5. The quantitative estimate of drug-likeness (QED) is 0.829. The summed E-state index contributed by atoms with van der Waals surface area (Å²) in [6.07, 6.45) is 0. The van der Waals surface area contributed by atoms with Gasteiger partial charge in [-0.05, 0) is 25.5 Å². The molecule has 0 spiro atoms. The van der Waals surface area contributed by atoms with Gasteiger partial charge in [0.1, 0.15) is 6.04 Å². The fourth-order valence-corrected chi connectivity index (χ4v) is 2.29. The third kappa shape index (κ3) is 3.77. The fraction of sp³-hybridized carbons (Fsp3) is 0.385. The van der Waals surface area contributed by atoms with Gasteiger partial charge in [-0.3, -0.25) is 4.79 Å². The Bertz CT molecular complexity index is 448. The molecule has 1 N–H and O–H groups in total. The molecular formula is C13H17NO3S. The van der Waals surface area contributed by atoms with Gasteiger partial charge in [-0.2, -0.15) is 0 Å². The first-order chi connectivity index (χ1) is 8.43. The molecule has 0 aliphatic rings. The van der Waals surface area contributed by atoms with E-state index in [0.717, 1.165) is 10.5 Å². The molecule has 0 fully saturated rings. The topological polar surface area (TPSA) is 57.6 Å². The Morgan fingerprint density at radius 2 is 2.00 bits per heavy atom. The third-order valence-electron chi connectivity index (χ3n) is 2.78. The smallest absolute Gasteiger partial charge is 0.326 e. The van der Waals surface area contributed by atoms with Crippen LogP contribution in [-0.4, -0.2) is 40.7 Å². The molecule has 0 aliphatic carbocycles. The second kappa shape index (κ2) is 6.44. The monoisotopic (exact) mass is 267 g/mol. The van der Waals surface area contributed by atoms with Crippen molar-refractivity contribution in [1.29, 1.82) is 0 Å². The molecule has 0 aliphatic heterocycles. The molecule has 0 aromatic heterocycles. The van der Waals surface area contributed by atoms with Crippen molar-refractivity contribution >= 4 is 23.6 Å². The first-order valence-electron chi connectivity index (χ1n) is 5.60. The Labute approximate surface area is 111 Å². The molecule has 1 unspecified atom stereocenters. The van der Waals surface area contributed by atoms with E-state index in [1.54, 1.807) is 0 Å². The number of carbonyl (C=O) groups excluding carboxylic acids is 1. The first-order valence-corrected chi connectivity index (χ1v) is 6.59. The Morgan fingerprint density at radius 3 is 2.56 bits per heavy atom. The standard InChI is InChI=1S/C13H17NO3S/c1-9-6-4-5-7-11(9)18-8-12(15)14(3)10(2)13(16)17/h4-7,10H,8H2,1-3H3,(H,16,17). The number of hydrogen-bond donors (Lipinski definition) is 1. The van der Waals surface area contributed by atoms with Crippen LogP contribution in [0.25, 0.3) is 0 Å². The number of aryl methyl sites for hydroxylation is 1. The number of thioether (sulfide) groups is 1. The van der Waals surface area contributed by atoms with E-state index in [4.69, 9.17) is 5.11 Å². The van der Waals surface area contributed by atoms with Crippen molar-refractivity contribution in [1.82, 2.24) is 4.90 Å². The second-order valence-corrected chi connectivity index (χ2v) is 5.09. The van der Waals surface area contributed by atoms with Crippen LogP contribution in [0.15, 0.2) is 29.2 Å². The normalized spacial score (nSPS) is 11.9. The molecule has 0 saturated heterocycles. The number of aliphatic carboxylic acids is 1. The number of carboxylic acid groups (broad SMARTS) is 1. The summed E-state index contributed by atoms with van der Waals surface area (Å²) in [5.74, 6) is -0.927. The summed E-state index contributed by atoms with van der Waals surface area (Å²) >= 11 is 1.43. The van der Waals surface area contributed by atoms with Gasteiger partial charge in [0.2, 0.25) is 5.91 Å². The highest BCUT2D eigenvalue weighted by Crippen LogP contribution is 2.22. The molecule has 98 valence electrons. The van der Waals surface area contributed by atoms with E-state index >= 15 is 0 Å². The summed E-state index contributed by atoms with van der Waals surface area (Å²) in [5.41, 5.74) is 1.12. The lowest BCUT2D eigenvalue weighted by Gasteiger charge is -2.21. The third-order valence-corrected chi connectivity index (χ3v) is 3.94. The predicted octanol–water partition coefficient (Wildman–Crippen LogP) is 2.02. The second-order valence-electron chi connectivity index (χ2n) is 4.07. The minimum Gasteiger partial charge on any atom is -0.480 e. The van der Waals surface area contributed by atoms with E-state index in [-0.39, 0.29) is 11.7 Å². The molecule has 18 heavy (non-hydrogen) atoms. The number of likely N-dealkylation sites (N-methyl/N-ethyl adjacent to an activating group) is 1. The minimum absolute atomic E-state index is 0.182. The molecular weight excluding hydrogens is 250 g/mol. The molecule has 1 aromatic rings.